The van der Waals surface area contributed by atoms with Gasteiger partial charge in [0.25, 0.3) is 0 Å². The molecule has 0 aliphatic heterocycles. The van der Waals surface area contributed by atoms with Crippen molar-refractivity contribution in [2.24, 2.45) is 0 Å². The third-order valence-corrected chi connectivity index (χ3v) is 4.04. The van der Waals surface area contributed by atoms with Gasteiger partial charge < -0.3 is 10.2 Å². The number of unbranched alkanes of at least 4 members (excludes halogenated alkanes) is 2. The molecule has 0 heterocycles. The van der Waals surface area contributed by atoms with Gasteiger partial charge in [-0.3, -0.25) is 0 Å². The number of phenolic OH excluding ortho intramolecular Hbond substituents is 1. The Balaban J connectivity index is 1.85. The van der Waals surface area contributed by atoms with Gasteiger partial charge in [0, 0.05) is 0 Å². The van der Waals surface area contributed by atoms with Crippen molar-refractivity contribution in [2.75, 3.05) is 0 Å². The molecule has 2 N–H and O–H groups in total. The number of aromatic hydroxyl groups is 1. The second kappa shape index (κ2) is 8.70. The molecule has 2 heteroatoms. The van der Waals surface area contributed by atoms with E-state index in [2.05, 4.69) is 30.3 Å². The van der Waals surface area contributed by atoms with Crippen LogP contribution in [0.1, 0.15) is 56.2 Å². The Morgan fingerprint density at radius 2 is 1.54 bits per heavy atom. The zero-order valence-corrected chi connectivity index (χ0v) is 14.7. The van der Waals surface area contributed by atoms with Crippen LogP contribution >= 0.6 is 0 Å². The standard InChI is InChI=1S/C22H28O2/c1-22(2,24)15-5-3-4-8-18-9-6-10-19(16-18)13-14-20-11-7-12-21(23)17-20/h6-7,9-14,16-17,23-24H,3-5,8,15H2,1-2H3/b14-13+. The molecule has 0 aliphatic rings. The van der Waals surface area contributed by atoms with E-state index in [9.17, 15) is 10.2 Å². The molecule has 2 aromatic carbocycles. The number of benzene rings is 2. The molecule has 0 saturated heterocycles. The van der Waals surface area contributed by atoms with Crippen molar-refractivity contribution < 1.29 is 10.2 Å². The van der Waals surface area contributed by atoms with Gasteiger partial charge in [0.15, 0.2) is 0 Å². The van der Waals surface area contributed by atoms with Gasteiger partial charge in [0.2, 0.25) is 0 Å². The summed E-state index contributed by atoms with van der Waals surface area (Å²) in [6.07, 6.45) is 9.39. The highest BCUT2D eigenvalue weighted by Crippen LogP contribution is 2.17. The molecule has 0 saturated carbocycles. The van der Waals surface area contributed by atoms with Crippen molar-refractivity contribution in [1.29, 1.82) is 0 Å². The highest BCUT2D eigenvalue weighted by Gasteiger charge is 2.10. The van der Waals surface area contributed by atoms with E-state index in [0.717, 1.165) is 37.7 Å². The fraction of sp³-hybridized carbons (Fsp3) is 0.364. The van der Waals surface area contributed by atoms with Crippen molar-refractivity contribution >= 4 is 12.2 Å². The van der Waals surface area contributed by atoms with E-state index in [1.165, 1.54) is 11.1 Å². The van der Waals surface area contributed by atoms with Crippen LogP contribution in [0.2, 0.25) is 0 Å². The average Bonchev–Trinajstić information content (AvgIpc) is 2.52. The first-order valence-electron chi connectivity index (χ1n) is 8.71. The van der Waals surface area contributed by atoms with Crippen LogP contribution in [0, 0.1) is 0 Å². The molecule has 2 nitrogen and oxygen atoms in total. The lowest BCUT2D eigenvalue weighted by Gasteiger charge is -2.16. The molecule has 0 unspecified atom stereocenters. The summed E-state index contributed by atoms with van der Waals surface area (Å²) in [4.78, 5) is 0. The van der Waals surface area contributed by atoms with Crippen LogP contribution in [-0.4, -0.2) is 15.8 Å². The number of aliphatic hydroxyl groups is 1. The van der Waals surface area contributed by atoms with Crippen LogP contribution < -0.4 is 0 Å². The van der Waals surface area contributed by atoms with Crippen LogP contribution in [0.4, 0.5) is 0 Å². The number of hydrogen-bond acceptors (Lipinski definition) is 2. The van der Waals surface area contributed by atoms with E-state index >= 15 is 0 Å². The predicted octanol–water partition coefficient (Wildman–Crippen LogP) is 5.44. The monoisotopic (exact) mass is 324 g/mol. The third-order valence-electron chi connectivity index (χ3n) is 4.04. The number of rotatable bonds is 8. The van der Waals surface area contributed by atoms with Crippen molar-refractivity contribution in [3.8, 4) is 5.75 Å². The maximum atomic E-state index is 9.72. The molecule has 128 valence electrons. The molecule has 0 fully saturated rings. The highest BCUT2D eigenvalue weighted by atomic mass is 16.3. The first-order chi connectivity index (χ1) is 11.4. The SMILES string of the molecule is CC(C)(O)CCCCCc1cccc(/C=C/c2cccc(O)c2)c1. The van der Waals surface area contributed by atoms with E-state index < -0.39 is 5.60 Å². The second-order valence-corrected chi connectivity index (χ2v) is 7.05. The Hall–Kier alpha value is -2.06. The molecule has 0 amide bonds. The van der Waals surface area contributed by atoms with Gasteiger partial charge >= 0.3 is 0 Å². The first kappa shape index (κ1) is 18.3. The lowest BCUT2D eigenvalue weighted by Crippen LogP contribution is -2.17. The van der Waals surface area contributed by atoms with Gasteiger partial charge in [0.1, 0.15) is 5.75 Å². The molecular weight excluding hydrogens is 296 g/mol. The smallest absolute Gasteiger partial charge is 0.116 e. The van der Waals surface area contributed by atoms with E-state index in [1.54, 1.807) is 12.1 Å². The van der Waals surface area contributed by atoms with Crippen LogP contribution in [0.15, 0.2) is 48.5 Å². The van der Waals surface area contributed by atoms with Gasteiger partial charge in [-0.1, -0.05) is 61.4 Å². The second-order valence-electron chi connectivity index (χ2n) is 7.05. The molecule has 2 rings (SSSR count). The maximum absolute atomic E-state index is 9.72. The van der Waals surface area contributed by atoms with Crippen LogP contribution in [0.25, 0.3) is 12.2 Å². The Labute approximate surface area is 145 Å². The summed E-state index contributed by atoms with van der Waals surface area (Å²) in [6.45, 7) is 3.74. The summed E-state index contributed by atoms with van der Waals surface area (Å²) < 4.78 is 0. The minimum atomic E-state index is -0.545. The van der Waals surface area contributed by atoms with Crippen molar-refractivity contribution in [3.05, 3.63) is 65.2 Å². The molecule has 0 radical (unpaired) electrons. The summed E-state index contributed by atoms with van der Waals surface area (Å²) in [5.74, 6) is 0.289. The molecule has 2 aromatic rings. The highest BCUT2D eigenvalue weighted by molar-refractivity contribution is 5.70. The molecule has 0 aliphatic carbocycles. The van der Waals surface area contributed by atoms with E-state index in [4.69, 9.17) is 0 Å². The van der Waals surface area contributed by atoms with Crippen LogP contribution in [-0.2, 0) is 6.42 Å². The summed E-state index contributed by atoms with van der Waals surface area (Å²) in [5, 5.41) is 19.2. The molecule has 0 spiro atoms. The third kappa shape index (κ3) is 7.01. The number of phenols is 1. The zero-order valence-electron chi connectivity index (χ0n) is 14.7. The Morgan fingerprint density at radius 3 is 2.21 bits per heavy atom. The number of aryl methyl sites for hydroxylation is 1. The van der Waals surface area contributed by atoms with Crippen molar-refractivity contribution in [3.63, 3.8) is 0 Å². The predicted molar refractivity (Wildman–Crippen MR) is 102 cm³/mol. The van der Waals surface area contributed by atoms with Gasteiger partial charge in [-0.2, -0.15) is 0 Å². The van der Waals surface area contributed by atoms with Gasteiger partial charge in [-0.15, -0.1) is 0 Å². The van der Waals surface area contributed by atoms with Crippen molar-refractivity contribution in [1.82, 2.24) is 0 Å². The summed E-state index contributed by atoms with van der Waals surface area (Å²) in [6, 6.07) is 15.8. The average molecular weight is 324 g/mol. The Morgan fingerprint density at radius 1 is 0.875 bits per heavy atom. The van der Waals surface area contributed by atoms with Crippen LogP contribution in [0.3, 0.4) is 0 Å². The minimum absolute atomic E-state index is 0.289. The number of hydrogen-bond donors (Lipinski definition) is 2. The molecule has 0 atom stereocenters. The molecule has 0 bridgehead atoms. The fourth-order valence-corrected chi connectivity index (χ4v) is 2.74. The van der Waals surface area contributed by atoms with Gasteiger partial charge in [-0.05, 0) is 61.9 Å². The lowest BCUT2D eigenvalue weighted by molar-refractivity contribution is 0.0681. The quantitative estimate of drug-likeness (QED) is 0.501. The molecule has 24 heavy (non-hydrogen) atoms. The van der Waals surface area contributed by atoms with Gasteiger partial charge in [-0.25, -0.2) is 0 Å². The van der Waals surface area contributed by atoms with Gasteiger partial charge in [0.05, 0.1) is 5.60 Å². The normalized spacial score (nSPS) is 12.0. The Kier molecular flexibility index (Phi) is 6.62. The molecule has 0 aromatic heterocycles. The van der Waals surface area contributed by atoms with Crippen LogP contribution in [0.5, 0.6) is 5.75 Å². The minimum Gasteiger partial charge on any atom is -0.508 e. The maximum Gasteiger partial charge on any atom is 0.116 e. The van der Waals surface area contributed by atoms with E-state index in [0.29, 0.717) is 0 Å². The summed E-state index contributed by atoms with van der Waals surface area (Å²) in [5.41, 5.74) is 2.96. The Bertz CT molecular complexity index is 666. The fourth-order valence-electron chi connectivity index (χ4n) is 2.74. The largest absolute Gasteiger partial charge is 0.508 e. The summed E-state index contributed by atoms with van der Waals surface area (Å²) in [7, 11) is 0. The van der Waals surface area contributed by atoms with E-state index in [1.807, 2.05) is 32.1 Å². The summed E-state index contributed by atoms with van der Waals surface area (Å²) >= 11 is 0. The zero-order chi connectivity index (χ0) is 17.4. The lowest BCUT2D eigenvalue weighted by atomic mass is 9.98. The molecular formula is C22H28O2. The van der Waals surface area contributed by atoms with E-state index in [-0.39, 0.29) is 5.75 Å². The van der Waals surface area contributed by atoms with Crippen molar-refractivity contribution in [2.45, 2.75) is 51.6 Å². The topological polar surface area (TPSA) is 40.5 Å². The first-order valence-corrected chi connectivity index (χ1v) is 8.71.